The molecule has 0 saturated heterocycles. The third kappa shape index (κ3) is 2.01. The van der Waals surface area contributed by atoms with Crippen molar-refractivity contribution in [3.8, 4) is 0 Å². The van der Waals surface area contributed by atoms with E-state index in [1.54, 1.807) is 0 Å². The van der Waals surface area contributed by atoms with E-state index in [2.05, 4.69) is 6.58 Å². The van der Waals surface area contributed by atoms with E-state index in [0.29, 0.717) is 0 Å². The number of aliphatic hydroxyl groups is 1. The van der Waals surface area contributed by atoms with Gasteiger partial charge in [-0.2, -0.15) is 0 Å². The lowest BCUT2D eigenvalue weighted by atomic mass is 9.58. The van der Waals surface area contributed by atoms with Gasteiger partial charge < -0.3 is 10.2 Å². The highest BCUT2D eigenvalue weighted by atomic mass is 16.4. The molecule has 0 heterocycles. The van der Waals surface area contributed by atoms with Crippen molar-refractivity contribution in [1.82, 2.24) is 0 Å². The lowest BCUT2D eigenvalue weighted by Crippen LogP contribution is -2.50. The topological polar surface area (TPSA) is 57.5 Å². The Balaban J connectivity index is 2.34. The maximum atomic E-state index is 11.2. The van der Waals surface area contributed by atoms with Crippen LogP contribution in [-0.2, 0) is 4.79 Å². The number of hydrogen-bond acceptors (Lipinski definition) is 2. The fourth-order valence-corrected chi connectivity index (χ4v) is 3.82. The van der Waals surface area contributed by atoms with Gasteiger partial charge in [-0.3, -0.25) is 4.79 Å². The fraction of sp³-hybridized carbons (Fsp3) is 0.786. The molecule has 1 atom stereocenters. The van der Waals surface area contributed by atoms with Gasteiger partial charge in [0.15, 0.2) is 0 Å². The minimum Gasteiger partial charge on any atom is -0.481 e. The molecule has 96 valence electrons. The van der Waals surface area contributed by atoms with Crippen LogP contribution in [0, 0.1) is 5.41 Å². The Kier molecular flexibility index (Phi) is 3.30. The van der Waals surface area contributed by atoms with E-state index in [-0.39, 0.29) is 6.42 Å². The largest absolute Gasteiger partial charge is 0.481 e. The van der Waals surface area contributed by atoms with Crippen LogP contribution in [-0.4, -0.2) is 21.8 Å². The predicted octanol–water partition coefficient (Wildman–Crippen LogP) is 2.88. The predicted molar refractivity (Wildman–Crippen MR) is 65.7 cm³/mol. The summed E-state index contributed by atoms with van der Waals surface area (Å²) in [6.45, 7) is 4.09. The Morgan fingerprint density at radius 3 is 2.29 bits per heavy atom. The minimum absolute atomic E-state index is 0.0440. The van der Waals surface area contributed by atoms with Crippen LogP contribution in [0.5, 0.6) is 0 Å². The Labute approximate surface area is 103 Å². The zero-order valence-corrected chi connectivity index (χ0v) is 10.4. The van der Waals surface area contributed by atoms with Gasteiger partial charge in [0.2, 0.25) is 0 Å². The van der Waals surface area contributed by atoms with Crippen molar-refractivity contribution in [3.05, 3.63) is 12.2 Å². The third-order valence-corrected chi connectivity index (χ3v) is 4.78. The van der Waals surface area contributed by atoms with Crippen molar-refractivity contribution in [2.24, 2.45) is 5.41 Å². The SMILES string of the molecule is C=C1CCCCC1(CC(=O)O)C1(O)CCCC1. The third-order valence-electron chi connectivity index (χ3n) is 4.78. The number of carboxylic acids is 1. The summed E-state index contributed by atoms with van der Waals surface area (Å²) >= 11 is 0. The van der Waals surface area contributed by atoms with E-state index < -0.39 is 17.0 Å². The molecular formula is C14H22O3. The van der Waals surface area contributed by atoms with Crippen molar-refractivity contribution in [2.45, 2.75) is 63.4 Å². The molecule has 2 fully saturated rings. The van der Waals surface area contributed by atoms with Gasteiger partial charge in [-0.25, -0.2) is 0 Å². The van der Waals surface area contributed by atoms with E-state index in [0.717, 1.165) is 56.9 Å². The minimum atomic E-state index is -0.817. The second kappa shape index (κ2) is 4.45. The second-order valence-electron chi connectivity index (χ2n) is 5.70. The summed E-state index contributed by atoms with van der Waals surface area (Å²) in [4.78, 5) is 11.2. The van der Waals surface area contributed by atoms with E-state index in [1.165, 1.54) is 0 Å². The first-order valence-electron chi connectivity index (χ1n) is 6.63. The first-order chi connectivity index (χ1) is 8.00. The normalized spacial score (nSPS) is 32.6. The van der Waals surface area contributed by atoms with Crippen molar-refractivity contribution in [1.29, 1.82) is 0 Å². The molecule has 1 unspecified atom stereocenters. The molecule has 2 saturated carbocycles. The monoisotopic (exact) mass is 238 g/mol. The van der Waals surface area contributed by atoms with Crippen LogP contribution in [0.25, 0.3) is 0 Å². The van der Waals surface area contributed by atoms with Crippen molar-refractivity contribution in [3.63, 3.8) is 0 Å². The van der Waals surface area contributed by atoms with Crippen molar-refractivity contribution in [2.75, 3.05) is 0 Å². The molecule has 3 nitrogen and oxygen atoms in total. The van der Waals surface area contributed by atoms with E-state index in [4.69, 9.17) is 0 Å². The maximum Gasteiger partial charge on any atom is 0.304 e. The van der Waals surface area contributed by atoms with Crippen LogP contribution in [0.4, 0.5) is 0 Å². The molecule has 2 aliphatic rings. The van der Waals surface area contributed by atoms with Crippen molar-refractivity contribution >= 4 is 5.97 Å². The molecule has 3 heteroatoms. The summed E-state index contributed by atoms with van der Waals surface area (Å²) in [5.74, 6) is -0.812. The number of rotatable bonds is 3. The molecule has 0 aromatic carbocycles. The second-order valence-corrected chi connectivity index (χ2v) is 5.70. The number of carboxylic acid groups (broad SMARTS) is 1. The van der Waals surface area contributed by atoms with Gasteiger partial charge in [0.25, 0.3) is 0 Å². The van der Waals surface area contributed by atoms with Crippen LogP contribution in [0.2, 0.25) is 0 Å². The summed E-state index contributed by atoms with van der Waals surface area (Å²) in [6, 6.07) is 0. The molecule has 2 rings (SSSR count). The number of hydrogen-bond donors (Lipinski definition) is 2. The molecule has 0 amide bonds. The van der Waals surface area contributed by atoms with E-state index in [1.807, 2.05) is 0 Å². The lowest BCUT2D eigenvalue weighted by molar-refractivity contribution is -0.147. The summed E-state index contributed by atoms with van der Waals surface area (Å²) in [6.07, 6.45) is 7.27. The molecule has 0 spiro atoms. The maximum absolute atomic E-state index is 11.2. The van der Waals surface area contributed by atoms with Gasteiger partial charge in [0, 0.05) is 5.41 Å². The van der Waals surface area contributed by atoms with Gasteiger partial charge in [0.05, 0.1) is 12.0 Å². The first kappa shape index (κ1) is 12.6. The first-order valence-corrected chi connectivity index (χ1v) is 6.63. The van der Waals surface area contributed by atoms with Gasteiger partial charge in [-0.15, -0.1) is 0 Å². The standard InChI is InChI=1S/C14H22O3/c1-11-6-2-3-7-13(11,10-12(15)16)14(17)8-4-5-9-14/h17H,1-10H2,(H,15,16). The number of carbonyl (C=O) groups is 1. The highest BCUT2D eigenvalue weighted by Crippen LogP contribution is 2.56. The molecule has 17 heavy (non-hydrogen) atoms. The summed E-state index contributed by atoms with van der Waals surface area (Å²) < 4.78 is 0. The average Bonchev–Trinajstić information content (AvgIpc) is 2.69. The average molecular weight is 238 g/mol. The van der Waals surface area contributed by atoms with Crippen LogP contribution in [0.1, 0.15) is 57.8 Å². The molecule has 2 aliphatic carbocycles. The van der Waals surface area contributed by atoms with E-state index in [9.17, 15) is 15.0 Å². The van der Waals surface area contributed by atoms with Crippen LogP contribution >= 0.6 is 0 Å². The molecule has 0 aromatic rings. The van der Waals surface area contributed by atoms with Crippen LogP contribution < -0.4 is 0 Å². The quantitative estimate of drug-likeness (QED) is 0.743. The van der Waals surface area contributed by atoms with Gasteiger partial charge >= 0.3 is 5.97 Å². The molecule has 0 radical (unpaired) electrons. The van der Waals surface area contributed by atoms with Gasteiger partial charge in [-0.05, 0) is 32.1 Å². The molecule has 0 bridgehead atoms. The van der Waals surface area contributed by atoms with Gasteiger partial charge in [-0.1, -0.05) is 31.4 Å². The molecule has 0 aromatic heterocycles. The summed E-state index contributed by atoms with van der Waals surface area (Å²) in [5, 5.41) is 20.0. The molecular weight excluding hydrogens is 216 g/mol. The molecule has 0 aliphatic heterocycles. The van der Waals surface area contributed by atoms with E-state index >= 15 is 0 Å². The Morgan fingerprint density at radius 2 is 1.76 bits per heavy atom. The molecule has 2 N–H and O–H groups in total. The Hall–Kier alpha value is -0.830. The lowest BCUT2D eigenvalue weighted by Gasteiger charge is -2.49. The smallest absolute Gasteiger partial charge is 0.304 e. The Bertz CT molecular complexity index is 328. The highest BCUT2D eigenvalue weighted by molar-refractivity contribution is 5.69. The van der Waals surface area contributed by atoms with Gasteiger partial charge in [0.1, 0.15) is 0 Å². The zero-order chi connectivity index (χ0) is 12.5. The zero-order valence-electron chi connectivity index (χ0n) is 10.4. The van der Waals surface area contributed by atoms with Crippen LogP contribution in [0.3, 0.4) is 0 Å². The summed E-state index contributed by atoms with van der Waals surface area (Å²) in [5.41, 5.74) is -0.410. The fourth-order valence-electron chi connectivity index (χ4n) is 3.82. The number of aliphatic carboxylic acids is 1. The van der Waals surface area contributed by atoms with Crippen LogP contribution in [0.15, 0.2) is 12.2 Å². The van der Waals surface area contributed by atoms with Crippen molar-refractivity contribution < 1.29 is 15.0 Å². The highest BCUT2D eigenvalue weighted by Gasteiger charge is 2.54. The Morgan fingerprint density at radius 1 is 1.18 bits per heavy atom. The summed E-state index contributed by atoms with van der Waals surface area (Å²) in [7, 11) is 0.